The first-order valence-electron chi connectivity index (χ1n) is 9.30. The van der Waals surface area contributed by atoms with E-state index < -0.39 is 0 Å². The van der Waals surface area contributed by atoms with Crippen molar-refractivity contribution < 1.29 is 28.5 Å². The highest BCUT2D eigenvalue weighted by molar-refractivity contribution is 5.96. The summed E-state index contributed by atoms with van der Waals surface area (Å²) in [5.41, 5.74) is 3.44. The molecular formula is C21H21NO6. The summed E-state index contributed by atoms with van der Waals surface area (Å²) in [5, 5.41) is 0. The lowest BCUT2D eigenvalue weighted by Gasteiger charge is -2.27. The number of benzene rings is 2. The van der Waals surface area contributed by atoms with E-state index in [1.165, 1.54) is 0 Å². The molecule has 0 radical (unpaired) electrons. The topological polar surface area (TPSA) is 66.5 Å². The lowest BCUT2D eigenvalue weighted by molar-refractivity contribution is 0.0245. The molecule has 0 saturated carbocycles. The largest absolute Gasteiger partial charge is 0.454 e. The van der Waals surface area contributed by atoms with Crippen molar-refractivity contribution in [3.8, 4) is 23.0 Å². The number of esters is 1. The molecule has 0 fully saturated rings. The number of carbonyl (C=O) groups excluding carboxylic acids is 1. The zero-order chi connectivity index (χ0) is 19.3. The van der Waals surface area contributed by atoms with Crippen molar-refractivity contribution in [1.82, 2.24) is 4.90 Å². The molecular weight excluding hydrogens is 362 g/mol. The van der Waals surface area contributed by atoms with Crippen LogP contribution in [0.3, 0.4) is 0 Å². The van der Waals surface area contributed by atoms with Crippen molar-refractivity contribution in [2.75, 3.05) is 34.2 Å². The third kappa shape index (κ3) is 2.82. The summed E-state index contributed by atoms with van der Waals surface area (Å²) in [6.07, 6.45) is 1.01. The molecule has 0 unspecified atom stereocenters. The third-order valence-electron chi connectivity index (χ3n) is 5.29. The first kappa shape index (κ1) is 17.2. The molecule has 0 N–H and O–H groups in total. The van der Waals surface area contributed by atoms with Crippen LogP contribution in [-0.2, 0) is 17.6 Å². The Morgan fingerprint density at radius 2 is 1.75 bits per heavy atom. The van der Waals surface area contributed by atoms with E-state index in [1.54, 1.807) is 0 Å². The highest BCUT2D eigenvalue weighted by atomic mass is 16.7. The molecule has 146 valence electrons. The van der Waals surface area contributed by atoms with Crippen LogP contribution in [-0.4, -0.2) is 45.1 Å². The van der Waals surface area contributed by atoms with Gasteiger partial charge in [0.15, 0.2) is 23.0 Å². The standard InChI is InChI=1S/C21H21NO6/c1-22(2)6-5-12-7-17-18(26-10-25-17)9-14(12)16-8-13-3-4-15-20(27-11-24-15)19(13)21(23)28-16/h3-4,7,9,16H,5-6,8,10-11H2,1-2H3/t16-/m0/s1. The van der Waals surface area contributed by atoms with E-state index in [0.717, 1.165) is 35.4 Å². The molecule has 0 spiro atoms. The molecule has 3 aliphatic rings. The molecule has 3 aliphatic heterocycles. The minimum atomic E-state index is -0.384. The Morgan fingerprint density at radius 1 is 1.00 bits per heavy atom. The van der Waals surface area contributed by atoms with Crippen molar-refractivity contribution in [2.45, 2.75) is 18.9 Å². The van der Waals surface area contributed by atoms with Gasteiger partial charge in [0.05, 0.1) is 0 Å². The van der Waals surface area contributed by atoms with Crippen molar-refractivity contribution in [1.29, 1.82) is 0 Å². The Labute approximate surface area is 162 Å². The predicted octanol–water partition coefficient (Wildman–Crippen LogP) is 2.70. The van der Waals surface area contributed by atoms with Gasteiger partial charge < -0.3 is 28.6 Å². The molecule has 2 aromatic carbocycles. The number of rotatable bonds is 4. The van der Waals surface area contributed by atoms with Crippen molar-refractivity contribution >= 4 is 5.97 Å². The Bertz CT molecular complexity index is 954. The normalized spacial score (nSPS) is 19.0. The number of likely N-dealkylation sites (N-methyl/N-ethyl adjacent to an activating group) is 1. The number of fused-ring (bicyclic) bond motifs is 4. The number of hydrogen-bond donors (Lipinski definition) is 0. The number of nitrogens with zero attached hydrogens (tertiary/aromatic N) is 1. The smallest absolute Gasteiger partial charge is 0.342 e. The SMILES string of the molecule is CN(C)CCc1cc2c(cc1[C@@H]1Cc3ccc4c(c3C(=O)O1)OCO4)OCO2. The lowest BCUT2D eigenvalue weighted by atomic mass is 9.90. The fraction of sp³-hybridized carbons (Fsp3) is 0.381. The Hall–Kier alpha value is -2.93. The number of ether oxygens (including phenoxy) is 5. The van der Waals surface area contributed by atoms with Crippen molar-refractivity contribution in [2.24, 2.45) is 0 Å². The second-order valence-corrected chi connectivity index (χ2v) is 7.39. The predicted molar refractivity (Wildman–Crippen MR) is 99.2 cm³/mol. The van der Waals surface area contributed by atoms with E-state index in [1.807, 2.05) is 38.4 Å². The van der Waals surface area contributed by atoms with Gasteiger partial charge in [-0.3, -0.25) is 0 Å². The fourth-order valence-corrected chi connectivity index (χ4v) is 3.87. The molecule has 1 atom stereocenters. The average Bonchev–Trinajstić information content (AvgIpc) is 3.33. The van der Waals surface area contributed by atoms with Crippen molar-refractivity contribution in [3.63, 3.8) is 0 Å². The van der Waals surface area contributed by atoms with Crippen molar-refractivity contribution in [3.05, 3.63) is 46.5 Å². The van der Waals surface area contributed by atoms with Crippen LogP contribution in [0, 0.1) is 0 Å². The van der Waals surface area contributed by atoms with Crippen LogP contribution < -0.4 is 18.9 Å². The summed E-state index contributed by atoms with van der Waals surface area (Å²) in [5.74, 6) is 2.12. The Morgan fingerprint density at radius 3 is 2.57 bits per heavy atom. The van der Waals surface area contributed by atoms with Gasteiger partial charge >= 0.3 is 5.97 Å². The first-order chi connectivity index (χ1) is 13.6. The Kier molecular flexibility index (Phi) is 4.05. The number of cyclic esters (lactones) is 1. The third-order valence-corrected chi connectivity index (χ3v) is 5.29. The molecule has 3 heterocycles. The lowest BCUT2D eigenvalue weighted by Crippen LogP contribution is -2.24. The van der Waals surface area contributed by atoms with E-state index in [0.29, 0.717) is 29.2 Å². The van der Waals surface area contributed by atoms with Gasteiger partial charge in [-0.1, -0.05) is 6.07 Å². The van der Waals surface area contributed by atoms with E-state index in [-0.39, 0.29) is 25.7 Å². The highest BCUT2D eigenvalue weighted by Crippen LogP contribution is 2.44. The van der Waals surface area contributed by atoms with Crippen LogP contribution in [0.25, 0.3) is 0 Å². The molecule has 5 rings (SSSR count). The van der Waals surface area contributed by atoms with Gasteiger partial charge in [-0.25, -0.2) is 4.79 Å². The van der Waals surface area contributed by atoms with Gasteiger partial charge in [-0.05, 0) is 55.4 Å². The van der Waals surface area contributed by atoms with E-state index >= 15 is 0 Å². The fourth-order valence-electron chi connectivity index (χ4n) is 3.87. The van der Waals surface area contributed by atoms with Crippen LogP contribution in [0.2, 0.25) is 0 Å². The van der Waals surface area contributed by atoms with Gasteiger partial charge in [0.2, 0.25) is 13.6 Å². The summed E-state index contributed by atoms with van der Waals surface area (Å²) in [6, 6.07) is 7.72. The quantitative estimate of drug-likeness (QED) is 0.752. The molecule has 0 saturated heterocycles. The second-order valence-electron chi connectivity index (χ2n) is 7.39. The van der Waals surface area contributed by atoms with Crippen LogP contribution >= 0.6 is 0 Å². The summed E-state index contributed by atoms with van der Waals surface area (Å²) >= 11 is 0. The van der Waals surface area contributed by atoms with Gasteiger partial charge in [-0.2, -0.15) is 0 Å². The van der Waals surface area contributed by atoms with Crippen LogP contribution in [0.5, 0.6) is 23.0 Å². The first-order valence-corrected chi connectivity index (χ1v) is 9.30. The molecule has 0 amide bonds. The maximum Gasteiger partial charge on any atom is 0.342 e. The molecule has 2 aromatic rings. The average molecular weight is 383 g/mol. The monoisotopic (exact) mass is 383 g/mol. The molecule has 0 bridgehead atoms. The Balaban J connectivity index is 1.52. The van der Waals surface area contributed by atoms with Gasteiger partial charge in [-0.15, -0.1) is 0 Å². The number of carbonyl (C=O) groups is 1. The maximum atomic E-state index is 12.8. The van der Waals surface area contributed by atoms with Gasteiger partial charge in [0, 0.05) is 13.0 Å². The zero-order valence-corrected chi connectivity index (χ0v) is 15.8. The summed E-state index contributed by atoms with van der Waals surface area (Å²) < 4.78 is 27.8. The molecule has 7 nitrogen and oxygen atoms in total. The van der Waals surface area contributed by atoms with Gasteiger partial charge in [0.25, 0.3) is 0 Å². The highest BCUT2D eigenvalue weighted by Gasteiger charge is 2.35. The minimum Gasteiger partial charge on any atom is -0.454 e. The second kappa shape index (κ2) is 6.60. The molecule has 28 heavy (non-hydrogen) atoms. The van der Waals surface area contributed by atoms with Crippen LogP contribution in [0.1, 0.15) is 33.2 Å². The minimum absolute atomic E-state index is 0.124. The van der Waals surface area contributed by atoms with Crippen LogP contribution in [0.15, 0.2) is 24.3 Å². The summed E-state index contributed by atoms with van der Waals surface area (Å²) in [7, 11) is 4.07. The molecule has 0 aliphatic carbocycles. The number of hydrogen-bond acceptors (Lipinski definition) is 7. The summed E-state index contributed by atoms with van der Waals surface area (Å²) in [4.78, 5) is 14.9. The van der Waals surface area contributed by atoms with E-state index in [4.69, 9.17) is 23.7 Å². The zero-order valence-electron chi connectivity index (χ0n) is 15.8. The van der Waals surface area contributed by atoms with E-state index in [2.05, 4.69) is 4.90 Å². The maximum absolute atomic E-state index is 12.8. The molecule has 7 heteroatoms. The molecule has 0 aromatic heterocycles. The van der Waals surface area contributed by atoms with Gasteiger partial charge in [0.1, 0.15) is 11.7 Å². The van der Waals surface area contributed by atoms with Crippen LogP contribution in [0.4, 0.5) is 0 Å². The van der Waals surface area contributed by atoms with E-state index in [9.17, 15) is 4.79 Å². The summed E-state index contributed by atoms with van der Waals surface area (Å²) in [6.45, 7) is 1.21.